The molecule has 0 atom stereocenters. The maximum atomic E-state index is 11.7. The maximum absolute atomic E-state index is 11.7. The van der Waals surface area contributed by atoms with Crippen LogP contribution in [0.15, 0.2) is 34.4 Å². The molecule has 18 heavy (non-hydrogen) atoms. The molecule has 2 rings (SSSR count). The molecule has 0 saturated heterocycles. The largest absolute Gasteiger partial charge is 0.358 e. The Morgan fingerprint density at radius 1 is 1.33 bits per heavy atom. The lowest BCUT2D eigenvalue weighted by Gasteiger charge is -2.29. The molecular weight excluding hydrogens is 314 g/mol. The first kappa shape index (κ1) is 13.6. The van der Waals surface area contributed by atoms with Crippen LogP contribution in [0, 0.1) is 5.41 Å². The van der Waals surface area contributed by atoms with Gasteiger partial charge in [0.2, 0.25) is 0 Å². The van der Waals surface area contributed by atoms with Crippen LogP contribution < -0.4 is 5.32 Å². The summed E-state index contributed by atoms with van der Waals surface area (Å²) in [4.78, 5) is 11.7. The Bertz CT molecular complexity index is 523. The highest BCUT2D eigenvalue weighted by Gasteiger charge is 2.27. The SMILES string of the molecule is CC1(C)CC(=O)C=C(Nc2ccc(Br)cc2Cl)C1. The average molecular weight is 329 g/mol. The zero-order valence-electron chi connectivity index (χ0n) is 10.4. The topological polar surface area (TPSA) is 29.1 Å². The van der Waals surface area contributed by atoms with Crippen LogP contribution >= 0.6 is 27.5 Å². The molecule has 0 radical (unpaired) electrons. The molecule has 1 aromatic rings. The molecule has 4 heteroatoms. The molecular formula is C14H15BrClNO. The Balaban J connectivity index is 2.21. The molecule has 0 bridgehead atoms. The summed E-state index contributed by atoms with van der Waals surface area (Å²) in [6.45, 7) is 4.20. The Morgan fingerprint density at radius 3 is 2.67 bits per heavy atom. The summed E-state index contributed by atoms with van der Waals surface area (Å²) in [5.41, 5.74) is 1.77. The molecule has 1 aliphatic rings. The molecule has 96 valence electrons. The zero-order valence-corrected chi connectivity index (χ0v) is 12.7. The van der Waals surface area contributed by atoms with Crippen LogP contribution in [-0.4, -0.2) is 5.78 Å². The van der Waals surface area contributed by atoms with E-state index in [-0.39, 0.29) is 11.2 Å². The monoisotopic (exact) mass is 327 g/mol. The highest BCUT2D eigenvalue weighted by molar-refractivity contribution is 9.10. The van der Waals surface area contributed by atoms with Crippen LogP contribution in [-0.2, 0) is 4.79 Å². The van der Waals surface area contributed by atoms with E-state index in [1.807, 2.05) is 18.2 Å². The van der Waals surface area contributed by atoms with Crippen molar-refractivity contribution in [1.29, 1.82) is 0 Å². The fourth-order valence-corrected chi connectivity index (χ4v) is 2.91. The van der Waals surface area contributed by atoms with Gasteiger partial charge >= 0.3 is 0 Å². The van der Waals surface area contributed by atoms with Gasteiger partial charge in [-0.05, 0) is 30.0 Å². The minimum atomic E-state index is 0.00993. The molecule has 0 unspecified atom stereocenters. The highest BCUT2D eigenvalue weighted by atomic mass is 79.9. The van der Waals surface area contributed by atoms with Crippen molar-refractivity contribution in [3.05, 3.63) is 39.5 Å². The number of benzene rings is 1. The van der Waals surface area contributed by atoms with Crippen LogP contribution in [0.2, 0.25) is 5.02 Å². The lowest BCUT2D eigenvalue weighted by atomic mass is 9.79. The number of carbonyl (C=O) groups excluding carboxylic acids is 1. The summed E-state index contributed by atoms with van der Waals surface area (Å²) in [7, 11) is 0. The Labute approximate surface area is 121 Å². The van der Waals surface area contributed by atoms with Gasteiger partial charge in [0.05, 0.1) is 10.7 Å². The first-order valence-electron chi connectivity index (χ1n) is 5.81. The number of hydrogen-bond donors (Lipinski definition) is 1. The number of ketones is 1. The van der Waals surface area contributed by atoms with E-state index in [2.05, 4.69) is 35.1 Å². The lowest BCUT2D eigenvalue weighted by Crippen LogP contribution is -2.24. The molecule has 0 heterocycles. The highest BCUT2D eigenvalue weighted by Crippen LogP contribution is 2.35. The Kier molecular flexibility index (Phi) is 3.83. The summed E-state index contributed by atoms with van der Waals surface area (Å²) in [6, 6.07) is 5.66. The standard InChI is InChI=1S/C14H15BrClNO/c1-14(2)7-10(6-11(18)8-14)17-13-4-3-9(15)5-12(13)16/h3-6,17H,7-8H2,1-2H3. The van der Waals surface area contributed by atoms with E-state index in [0.29, 0.717) is 11.4 Å². The third kappa shape index (κ3) is 3.36. The molecule has 0 fully saturated rings. The van der Waals surface area contributed by atoms with Crippen molar-refractivity contribution in [2.24, 2.45) is 5.41 Å². The van der Waals surface area contributed by atoms with Crippen LogP contribution in [0.3, 0.4) is 0 Å². The normalized spacial score (nSPS) is 18.4. The van der Waals surface area contributed by atoms with Crippen LogP contribution in [0.1, 0.15) is 26.7 Å². The number of carbonyl (C=O) groups is 1. The van der Waals surface area contributed by atoms with Crippen LogP contribution in [0.25, 0.3) is 0 Å². The first-order valence-corrected chi connectivity index (χ1v) is 6.98. The molecule has 1 N–H and O–H groups in total. The van der Waals surface area contributed by atoms with Gasteiger partial charge in [0.1, 0.15) is 0 Å². The third-order valence-corrected chi connectivity index (χ3v) is 3.69. The van der Waals surface area contributed by atoms with Gasteiger partial charge in [0, 0.05) is 22.7 Å². The van der Waals surface area contributed by atoms with Crippen molar-refractivity contribution in [2.75, 3.05) is 5.32 Å². The quantitative estimate of drug-likeness (QED) is 0.846. The number of anilines is 1. The van der Waals surface area contributed by atoms with Gasteiger partial charge in [-0.3, -0.25) is 4.79 Å². The van der Waals surface area contributed by atoms with Gasteiger partial charge in [-0.1, -0.05) is 41.4 Å². The minimum absolute atomic E-state index is 0.00993. The molecule has 2 nitrogen and oxygen atoms in total. The maximum Gasteiger partial charge on any atom is 0.157 e. The van der Waals surface area contributed by atoms with Gasteiger partial charge in [-0.2, -0.15) is 0 Å². The number of nitrogens with one attached hydrogen (secondary N) is 1. The number of allylic oxidation sites excluding steroid dienone is 2. The van der Waals surface area contributed by atoms with Crippen molar-refractivity contribution in [3.8, 4) is 0 Å². The second-order valence-electron chi connectivity index (χ2n) is 5.40. The summed E-state index contributed by atoms with van der Waals surface area (Å²) in [6.07, 6.45) is 3.14. The molecule has 0 aromatic heterocycles. The van der Waals surface area contributed by atoms with E-state index < -0.39 is 0 Å². The average Bonchev–Trinajstić information content (AvgIpc) is 2.19. The number of rotatable bonds is 2. The predicted octanol–water partition coefficient (Wildman–Crippen LogP) is 4.79. The molecule has 0 aliphatic heterocycles. The molecule has 0 spiro atoms. The van der Waals surface area contributed by atoms with E-state index >= 15 is 0 Å². The van der Waals surface area contributed by atoms with Gasteiger partial charge in [-0.25, -0.2) is 0 Å². The van der Waals surface area contributed by atoms with Crippen molar-refractivity contribution in [1.82, 2.24) is 0 Å². The summed E-state index contributed by atoms with van der Waals surface area (Å²) in [5.74, 6) is 0.169. The van der Waals surface area contributed by atoms with E-state index in [1.165, 1.54) is 0 Å². The van der Waals surface area contributed by atoms with Crippen molar-refractivity contribution < 1.29 is 4.79 Å². The second kappa shape index (κ2) is 5.06. The van der Waals surface area contributed by atoms with Crippen LogP contribution in [0.5, 0.6) is 0 Å². The lowest BCUT2D eigenvalue weighted by molar-refractivity contribution is -0.117. The van der Waals surface area contributed by atoms with E-state index in [4.69, 9.17) is 11.6 Å². The zero-order chi connectivity index (χ0) is 13.3. The summed E-state index contributed by atoms with van der Waals surface area (Å²) >= 11 is 9.52. The van der Waals surface area contributed by atoms with Crippen molar-refractivity contribution >= 4 is 39.0 Å². The molecule has 1 aromatic carbocycles. The minimum Gasteiger partial charge on any atom is -0.358 e. The molecule has 0 amide bonds. The molecule has 0 saturated carbocycles. The van der Waals surface area contributed by atoms with Crippen LogP contribution in [0.4, 0.5) is 5.69 Å². The van der Waals surface area contributed by atoms with Crippen molar-refractivity contribution in [3.63, 3.8) is 0 Å². The molecule has 1 aliphatic carbocycles. The summed E-state index contributed by atoms with van der Waals surface area (Å²) in [5, 5.41) is 3.89. The van der Waals surface area contributed by atoms with Gasteiger partial charge < -0.3 is 5.32 Å². The van der Waals surface area contributed by atoms with E-state index in [1.54, 1.807) is 6.08 Å². The van der Waals surface area contributed by atoms with Gasteiger partial charge in [-0.15, -0.1) is 0 Å². The van der Waals surface area contributed by atoms with Gasteiger partial charge in [0.15, 0.2) is 5.78 Å². The Morgan fingerprint density at radius 2 is 2.06 bits per heavy atom. The van der Waals surface area contributed by atoms with Crippen molar-refractivity contribution in [2.45, 2.75) is 26.7 Å². The second-order valence-corrected chi connectivity index (χ2v) is 6.73. The van der Waals surface area contributed by atoms with E-state index in [9.17, 15) is 4.79 Å². The number of hydrogen-bond acceptors (Lipinski definition) is 2. The Hall–Kier alpha value is -0.800. The number of halogens is 2. The summed E-state index contributed by atoms with van der Waals surface area (Å²) < 4.78 is 0.937. The fraction of sp³-hybridized carbons (Fsp3) is 0.357. The smallest absolute Gasteiger partial charge is 0.157 e. The van der Waals surface area contributed by atoms with E-state index in [0.717, 1.165) is 22.3 Å². The van der Waals surface area contributed by atoms with Gasteiger partial charge in [0.25, 0.3) is 0 Å². The fourth-order valence-electron chi connectivity index (χ4n) is 2.19. The first-order chi connectivity index (χ1) is 8.35. The third-order valence-electron chi connectivity index (χ3n) is 2.88. The predicted molar refractivity (Wildman–Crippen MR) is 78.9 cm³/mol.